The predicted octanol–water partition coefficient (Wildman–Crippen LogP) is 7.22. The van der Waals surface area contributed by atoms with Gasteiger partial charge in [-0.2, -0.15) is 26.9 Å². The Kier molecular flexibility index (Phi) is 10.4. The number of nitrogens with one attached hydrogen (secondary N) is 2. The molecule has 1 aromatic heterocycles. The molecule has 3 aromatic carbocycles. The van der Waals surface area contributed by atoms with E-state index < -0.39 is 24.1 Å². The van der Waals surface area contributed by atoms with E-state index >= 15 is 0 Å². The van der Waals surface area contributed by atoms with E-state index in [1.165, 1.54) is 39.8 Å². The van der Waals surface area contributed by atoms with Crippen LogP contribution in [-0.4, -0.2) is 49.9 Å². The number of urea groups is 1. The SMILES string of the molecule is CCCCc1ccccc1N1C(=O)CSC1=NC(=O)NNC(C)c1ccc(-c2ncn(-c3ccc(OC(F)(F)C(F)(F)F)cc3)n2)cc1. The molecule has 2 N–H and O–H groups in total. The van der Waals surface area contributed by atoms with Gasteiger partial charge in [-0.05, 0) is 61.2 Å². The number of hydrogen-bond acceptors (Lipinski definition) is 7. The Labute approximate surface area is 276 Å². The molecule has 4 aromatic rings. The normalized spacial score (nSPS) is 15.2. The fourth-order valence-corrected chi connectivity index (χ4v) is 5.53. The first-order valence-electron chi connectivity index (χ1n) is 14.8. The second kappa shape index (κ2) is 14.5. The van der Waals surface area contributed by atoms with Gasteiger partial charge in [0.2, 0.25) is 5.91 Å². The molecule has 2 heterocycles. The monoisotopic (exact) mass is 687 g/mol. The van der Waals surface area contributed by atoms with Crippen LogP contribution < -0.4 is 20.5 Å². The highest BCUT2D eigenvalue weighted by molar-refractivity contribution is 8.15. The minimum Gasteiger partial charge on any atom is -0.426 e. The van der Waals surface area contributed by atoms with Crippen LogP contribution in [0, 0.1) is 0 Å². The Balaban J connectivity index is 1.18. The molecule has 3 amide bonds. The number of amides is 3. The van der Waals surface area contributed by atoms with Gasteiger partial charge in [-0.3, -0.25) is 15.1 Å². The number of nitrogens with zero attached hydrogens (tertiary/aromatic N) is 5. The number of carbonyl (C=O) groups excluding carboxylic acids is 2. The molecule has 252 valence electrons. The van der Waals surface area contributed by atoms with Gasteiger partial charge in [0.25, 0.3) is 0 Å². The molecule has 10 nitrogen and oxygen atoms in total. The third-order valence-corrected chi connectivity index (χ3v) is 8.15. The lowest BCUT2D eigenvalue weighted by Crippen LogP contribution is -2.41. The standard InChI is InChI=1S/C32H30F5N7O3S/c1-3-4-7-22-8-5-6-9-26(22)44-27(45)18-48-30(44)39-29(46)41-40-20(2)21-10-12-23(13-11-21)28-38-19-43(42-28)24-14-16-25(17-15-24)47-32(36,37)31(33,34)35/h5-6,8-17,19-20,40H,3-4,7,18H2,1-2H3,(H,41,46). The number of thioether (sulfide) groups is 1. The summed E-state index contributed by atoms with van der Waals surface area (Å²) in [7, 11) is 0. The van der Waals surface area contributed by atoms with Crippen LogP contribution in [-0.2, 0) is 11.2 Å². The number of unbranched alkanes of at least 4 members (excludes halogenated alkanes) is 1. The van der Waals surface area contributed by atoms with E-state index in [1.807, 2.05) is 31.2 Å². The van der Waals surface area contributed by atoms with Gasteiger partial charge in [-0.15, -0.1) is 5.10 Å². The number of aromatic nitrogens is 3. The van der Waals surface area contributed by atoms with Crippen LogP contribution in [0.25, 0.3) is 17.1 Å². The molecular formula is C32H30F5N7O3S. The molecule has 1 aliphatic heterocycles. The number of aryl methyl sites for hydroxylation is 1. The molecule has 1 atom stereocenters. The lowest BCUT2D eigenvalue weighted by atomic mass is 10.1. The number of alkyl halides is 5. The van der Waals surface area contributed by atoms with Gasteiger partial charge >= 0.3 is 18.3 Å². The van der Waals surface area contributed by atoms with Gasteiger partial charge in [0.15, 0.2) is 11.0 Å². The Morgan fingerprint density at radius 3 is 2.44 bits per heavy atom. The summed E-state index contributed by atoms with van der Waals surface area (Å²) in [6, 6.07) is 18.2. The fourth-order valence-electron chi connectivity index (χ4n) is 4.67. The van der Waals surface area contributed by atoms with Crippen molar-refractivity contribution in [1.29, 1.82) is 0 Å². The first kappa shape index (κ1) is 34.5. The highest BCUT2D eigenvalue weighted by atomic mass is 32.2. The number of amidine groups is 1. The third-order valence-electron chi connectivity index (χ3n) is 7.23. The van der Waals surface area contributed by atoms with Crippen molar-refractivity contribution in [1.82, 2.24) is 25.6 Å². The molecule has 0 radical (unpaired) electrons. The van der Waals surface area contributed by atoms with Crippen molar-refractivity contribution in [3.63, 3.8) is 0 Å². The average Bonchev–Trinajstić information content (AvgIpc) is 3.69. The smallest absolute Gasteiger partial charge is 0.426 e. The van der Waals surface area contributed by atoms with Crippen molar-refractivity contribution in [2.45, 2.75) is 51.4 Å². The van der Waals surface area contributed by atoms with Crippen LogP contribution >= 0.6 is 11.8 Å². The van der Waals surface area contributed by atoms with Gasteiger partial charge in [0, 0.05) is 11.6 Å². The molecule has 5 rings (SSSR count). The van der Waals surface area contributed by atoms with E-state index in [2.05, 4.69) is 37.6 Å². The minimum atomic E-state index is -5.85. The maximum Gasteiger partial charge on any atom is 0.499 e. The van der Waals surface area contributed by atoms with E-state index in [4.69, 9.17) is 0 Å². The lowest BCUT2D eigenvalue weighted by Gasteiger charge is -2.20. The summed E-state index contributed by atoms with van der Waals surface area (Å²) in [5.41, 5.74) is 9.05. The minimum absolute atomic E-state index is 0.143. The largest absolute Gasteiger partial charge is 0.499 e. The summed E-state index contributed by atoms with van der Waals surface area (Å²) in [6.45, 7) is 3.93. The second-order valence-corrected chi connectivity index (χ2v) is 11.6. The second-order valence-electron chi connectivity index (χ2n) is 10.7. The van der Waals surface area contributed by atoms with Crippen LogP contribution in [0.2, 0.25) is 0 Å². The summed E-state index contributed by atoms with van der Waals surface area (Å²) in [4.78, 5) is 35.4. The lowest BCUT2D eigenvalue weighted by molar-refractivity contribution is -0.360. The number of carbonyl (C=O) groups is 2. The Bertz CT molecular complexity index is 1780. The van der Waals surface area contributed by atoms with Gasteiger partial charge in [0.05, 0.1) is 17.1 Å². The average molecular weight is 688 g/mol. The number of rotatable bonds is 11. The van der Waals surface area contributed by atoms with Crippen molar-refractivity contribution in [2.75, 3.05) is 10.7 Å². The van der Waals surface area contributed by atoms with E-state index in [0.29, 0.717) is 22.2 Å². The van der Waals surface area contributed by atoms with Crippen LogP contribution in [0.1, 0.15) is 43.9 Å². The van der Waals surface area contributed by atoms with Crippen molar-refractivity contribution < 1.29 is 36.3 Å². The van der Waals surface area contributed by atoms with Crippen LogP contribution in [0.5, 0.6) is 5.75 Å². The summed E-state index contributed by atoms with van der Waals surface area (Å²) in [5, 5.41) is 4.65. The van der Waals surface area contributed by atoms with Gasteiger partial charge in [-0.1, -0.05) is 67.6 Å². The zero-order valence-electron chi connectivity index (χ0n) is 25.7. The number of benzene rings is 3. The number of halogens is 5. The van der Waals surface area contributed by atoms with Crippen LogP contribution in [0.3, 0.4) is 0 Å². The van der Waals surface area contributed by atoms with E-state index in [-0.39, 0.29) is 17.7 Å². The fraction of sp³-hybridized carbons (Fsp3) is 0.281. The Morgan fingerprint density at radius 2 is 1.75 bits per heavy atom. The molecule has 0 aliphatic carbocycles. The zero-order valence-corrected chi connectivity index (χ0v) is 26.5. The summed E-state index contributed by atoms with van der Waals surface area (Å²) in [5.74, 6) is -0.289. The van der Waals surface area contributed by atoms with Crippen LogP contribution in [0.4, 0.5) is 32.4 Å². The molecule has 16 heteroatoms. The van der Waals surface area contributed by atoms with E-state index in [9.17, 15) is 31.5 Å². The third kappa shape index (κ3) is 7.99. The zero-order chi connectivity index (χ0) is 34.5. The maximum atomic E-state index is 13.2. The highest BCUT2D eigenvalue weighted by Gasteiger charge is 2.61. The highest BCUT2D eigenvalue weighted by Crippen LogP contribution is 2.37. The molecule has 0 saturated carbocycles. The molecule has 1 saturated heterocycles. The van der Waals surface area contributed by atoms with Crippen molar-refractivity contribution >= 4 is 34.6 Å². The van der Waals surface area contributed by atoms with Crippen LogP contribution in [0.15, 0.2) is 84.1 Å². The number of aliphatic imine (C=N–C) groups is 1. The number of ether oxygens (including phenoxy) is 1. The maximum absolute atomic E-state index is 13.2. The molecule has 0 spiro atoms. The van der Waals surface area contributed by atoms with Crippen molar-refractivity contribution in [3.8, 4) is 22.8 Å². The number of hydrazine groups is 1. The van der Waals surface area contributed by atoms with Gasteiger partial charge in [0.1, 0.15) is 12.1 Å². The molecule has 0 bridgehead atoms. The predicted molar refractivity (Wildman–Crippen MR) is 171 cm³/mol. The van der Waals surface area contributed by atoms with Crippen molar-refractivity contribution in [3.05, 3.63) is 90.3 Å². The Morgan fingerprint density at radius 1 is 1.04 bits per heavy atom. The summed E-state index contributed by atoms with van der Waals surface area (Å²) < 4.78 is 68.7. The van der Waals surface area contributed by atoms with E-state index in [1.54, 1.807) is 24.3 Å². The number of para-hydroxylation sites is 1. The molecule has 1 unspecified atom stereocenters. The van der Waals surface area contributed by atoms with Gasteiger partial charge in [-0.25, -0.2) is 19.9 Å². The first-order chi connectivity index (χ1) is 22.9. The number of anilines is 1. The molecular weight excluding hydrogens is 657 g/mol. The quantitative estimate of drug-likeness (QED) is 0.126. The molecule has 48 heavy (non-hydrogen) atoms. The summed E-state index contributed by atoms with van der Waals surface area (Å²) >= 11 is 1.20. The van der Waals surface area contributed by atoms with Crippen molar-refractivity contribution in [2.24, 2.45) is 4.99 Å². The first-order valence-corrected chi connectivity index (χ1v) is 15.8. The Hall–Kier alpha value is -4.83. The molecule has 1 fully saturated rings. The molecule has 1 aliphatic rings. The van der Waals surface area contributed by atoms with Gasteiger partial charge < -0.3 is 4.74 Å². The number of hydrogen-bond donors (Lipinski definition) is 2. The van der Waals surface area contributed by atoms with E-state index in [0.717, 1.165) is 48.2 Å². The summed E-state index contributed by atoms with van der Waals surface area (Å²) in [6.07, 6.45) is -7.02. The topological polar surface area (TPSA) is 114 Å².